The van der Waals surface area contributed by atoms with Crippen LogP contribution in [-0.2, 0) is 23.2 Å². The first-order valence-corrected chi connectivity index (χ1v) is 8.87. The smallest absolute Gasteiger partial charge is 0.312 e. The number of nitrogens with zero attached hydrogens (tertiary/aromatic N) is 4. The van der Waals surface area contributed by atoms with Crippen LogP contribution in [0.15, 0.2) is 23.7 Å². The topological polar surface area (TPSA) is 70.5 Å². The van der Waals surface area contributed by atoms with Gasteiger partial charge in [0.25, 0.3) is 0 Å². The van der Waals surface area contributed by atoms with Crippen molar-refractivity contribution >= 4 is 23.2 Å². The van der Waals surface area contributed by atoms with Crippen LogP contribution >= 0.6 is 11.3 Å². The van der Waals surface area contributed by atoms with Crippen LogP contribution in [0.2, 0.25) is 0 Å². The van der Waals surface area contributed by atoms with Gasteiger partial charge in [0.2, 0.25) is 0 Å². The Morgan fingerprint density at radius 3 is 3.04 bits per heavy atom. The van der Waals surface area contributed by atoms with Crippen LogP contribution < -0.4 is 5.32 Å². The fourth-order valence-electron chi connectivity index (χ4n) is 3.44. The van der Waals surface area contributed by atoms with E-state index in [2.05, 4.69) is 33.0 Å². The standard InChI is InChI=1S/C16H19N5O2S/c1-19-8-11(14(18-19)13-3-2-6-24-13)9-20-4-5-21-12(10-20)7-17-15(22)16(21)23/h2-3,6,8,12H,4-5,7,9-10H2,1H3,(H,17,22)/t12-/m1/s1. The first kappa shape index (κ1) is 15.3. The van der Waals surface area contributed by atoms with Crippen LogP contribution in [0.3, 0.4) is 0 Å². The maximum atomic E-state index is 11.9. The summed E-state index contributed by atoms with van der Waals surface area (Å²) in [5, 5.41) is 9.34. The Bertz CT molecular complexity index is 770. The van der Waals surface area contributed by atoms with Gasteiger partial charge in [0.05, 0.1) is 10.9 Å². The van der Waals surface area contributed by atoms with Gasteiger partial charge in [-0.05, 0) is 11.4 Å². The number of amides is 2. The zero-order valence-corrected chi connectivity index (χ0v) is 14.3. The number of carbonyl (C=O) groups is 2. The number of nitrogens with one attached hydrogen (secondary N) is 1. The van der Waals surface area contributed by atoms with Crippen molar-refractivity contribution in [1.29, 1.82) is 0 Å². The van der Waals surface area contributed by atoms with Gasteiger partial charge >= 0.3 is 11.8 Å². The summed E-state index contributed by atoms with van der Waals surface area (Å²) in [5.74, 6) is -0.876. The molecule has 2 fully saturated rings. The highest BCUT2D eigenvalue weighted by atomic mass is 32.1. The molecule has 0 bridgehead atoms. The zero-order chi connectivity index (χ0) is 16.7. The van der Waals surface area contributed by atoms with Crippen LogP contribution in [0.25, 0.3) is 10.6 Å². The summed E-state index contributed by atoms with van der Waals surface area (Å²) in [6.45, 7) is 3.48. The summed E-state index contributed by atoms with van der Waals surface area (Å²) in [4.78, 5) is 28.6. The van der Waals surface area contributed by atoms with Gasteiger partial charge in [-0.2, -0.15) is 5.10 Å². The molecule has 1 N–H and O–H groups in total. The molecule has 2 aromatic heterocycles. The number of hydrogen-bond acceptors (Lipinski definition) is 5. The Labute approximate surface area is 143 Å². The molecule has 0 aromatic carbocycles. The quantitative estimate of drug-likeness (QED) is 0.812. The van der Waals surface area contributed by atoms with E-state index < -0.39 is 11.8 Å². The second kappa shape index (κ2) is 6.03. The largest absolute Gasteiger partial charge is 0.346 e. The lowest BCUT2D eigenvalue weighted by Crippen LogP contribution is -2.65. The molecule has 0 radical (unpaired) electrons. The molecule has 2 aliphatic rings. The highest BCUT2D eigenvalue weighted by molar-refractivity contribution is 7.13. The van der Waals surface area contributed by atoms with Crippen molar-refractivity contribution in [3.8, 4) is 10.6 Å². The SMILES string of the molecule is Cn1cc(CN2CCN3C(=O)C(=O)NC[C@@H]3C2)c(-c2cccs2)n1. The number of hydrogen-bond donors (Lipinski definition) is 1. The molecule has 0 aliphatic carbocycles. The molecule has 0 unspecified atom stereocenters. The molecule has 24 heavy (non-hydrogen) atoms. The first-order chi connectivity index (χ1) is 11.6. The van der Waals surface area contributed by atoms with E-state index in [-0.39, 0.29) is 6.04 Å². The van der Waals surface area contributed by atoms with Crippen molar-refractivity contribution in [2.75, 3.05) is 26.2 Å². The summed E-state index contributed by atoms with van der Waals surface area (Å²) in [7, 11) is 1.94. The van der Waals surface area contributed by atoms with E-state index in [1.807, 2.05) is 17.8 Å². The number of fused-ring (bicyclic) bond motifs is 1. The van der Waals surface area contributed by atoms with Crippen molar-refractivity contribution in [1.82, 2.24) is 24.9 Å². The minimum Gasteiger partial charge on any atom is -0.346 e. The molecule has 1 atom stereocenters. The monoisotopic (exact) mass is 345 g/mol. The van der Waals surface area contributed by atoms with Crippen LogP contribution in [0, 0.1) is 0 Å². The van der Waals surface area contributed by atoms with E-state index in [1.54, 1.807) is 16.2 Å². The summed E-state index contributed by atoms with van der Waals surface area (Å²) in [6, 6.07) is 4.18. The summed E-state index contributed by atoms with van der Waals surface area (Å²) < 4.78 is 1.85. The van der Waals surface area contributed by atoms with E-state index in [1.165, 1.54) is 10.4 Å². The summed E-state index contributed by atoms with van der Waals surface area (Å²) >= 11 is 1.69. The van der Waals surface area contributed by atoms with Crippen molar-refractivity contribution in [2.45, 2.75) is 12.6 Å². The predicted molar refractivity (Wildman–Crippen MR) is 90.3 cm³/mol. The number of carbonyl (C=O) groups excluding carboxylic acids is 2. The third kappa shape index (κ3) is 2.71. The Hall–Kier alpha value is -2.19. The second-order valence-electron chi connectivity index (χ2n) is 6.25. The van der Waals surface area contributed by atoms with Gasteiger partial charge in [-0.3, -0.25) is 19.2 Å². The predicted octanol–water partition coefficient (Wildman–Crippen LogP) is 0.291. The maximum absolute atomic E-state index is 11.9. The molecule has 4 heterocycles. The Balaban J connectivity index is 1.50. The van der Waals surface area contributed by atoms with Gasteiger partial charge in [-0.25, -0.2) is 0 Å². The highest BCUT2D eigenvalue weighted by Crippen LogP contribution is 2.28. The number of aromatic nitrogens is 2. The number of rotatable bonds is 3. The molecule has 7 nitrogen and oxygen atoms in total. The van der Waals surface area contributed by atoms with Gasteiger partial charge in [0, 0.05) is 51.5 Å². The summed E-state index contributed by atoms with van der Waals surface area (Å²) in [5.41, 5.74) is 2.22. The third-order valence-electron chi connectivity index (χ3n) is 4.57. The highest BCUT2D eigenvalue weighted by Gasteiger charge is 2.37. The van der Waals surface area contributed by atoms with Crippen molar-refractivity contribution in [2.24, 2.45) is 7.05 Å². The second-order valence-corrected chi connectivity index (χ2v) is 7.20. The van der Waals surface area contributed by atoms with Crippen molar-refractivity contribution in [3.05, 3.63) is 29.3 Å². The molecule has 2 saturated heterocycles. The molecule has 0 spiro atoms. The minimum absolute atomic E-state index is 0.0609. The normalized spacial score (nSPS) is 21.7. The van der Waals surface area contributed by atoms with Crippen LogP contribution in [0.1, 0.15) is 5.56 Å². The molecule has 2 aliphatic heterocycles. The average Bonchev–Trinajstić information content (AvgIpc) is 3.21. The Kier molecular flexibility index (Phi) is 3.85. The summed E-state index contributed by atoms with van der Waals surface area (Å²) in [6.07, 6.45) is 2.06. The van der Waals surface area contributed by atoms with Crippen molar-refractivity contribution < 1.29 is 9.59 Å². The van der Waals surface area contributed by atoms with Crippen LogP contribution in [-0.4, -0.2) is 63.6 Å². The van der Waals surface area contributed by atoms with E-state index in [0.29, 0.717) is 13.1 Å². The minimum atomic E-state index is -0.480. The molecule has 2 amide bonds. The van der Waals surface area contributed by atoms with Crippen molar-refractivity contribution in [3.63, 3.8) is 0 Å². The molecule has 4 rings (SSSR count). The van der Waals surface area contributed by atoms with E-state index in [4.69, 9.17) is 0 Å². The molecular weight excluding hydrogens is 326 g/mol. The number of aryl methyl sites for hydroxylation is 1. The van der Waals surface area contributed by atoms with Gasteiger partial charge in [-0.15, -0.1) is 11.3 Å². The lowest BCUT2D eigenvalue weighted by atomic mass is 10.1. The Morgan fingerprint density at radius 1 is 1.38 bits per heavy atom. The molecule has 2 aromatic rings. The lowest BCUT2D eigenvalue weighted by Gasteiger charge is -2.43. The van der Waals surface area contributed by atoms with Crippen LogP contribution in [0.5, 0.6) is 0 Å². The zero-order valence-electron chi connectivity index (χ0n) is 13.4. The molecule has 0 saturated carbocycles. The van der Waals surface area contributed by atoms with E-state index >= 15 is 0 Å². The Morgan fingerprint density at radius 2 is 2.25 bits per heavy atom. The fraction of sp³-hybridized carbons (Fsp3) is 0.438. The van der Waals surface area contributed by atoms with Gasteiger partial charge in [0.1, 0.15) is 5.69 Å². The fourth-order valence-corrected chi connectivity index (χ4v) is 4.18. The maximum Gasteiger partial charge on any atom is 0.312 e. The molecular formula is C16H19N5O2S. The first-order valence-electron chi connectivity index (χ1n) is 7.99. The average molecular weight is 345 g/mol. The van der Waals surface area contributed by atoms with Gasteiger partial charge in [-0.1, -0.05) is 6.07 Å². The van der Waals surface area contributed by atoms with E-state index in [0.717, 1.165) is 25.3 Å². The number of piperazine rings is 2. The molecule has 8 heteroatoms. The van der Waals surface area contributed by atoms with E-state index in [9.17, 15) is 9.59 Å². The van der Waals surface area contributed by atoms with Crippen LogP contribution in [0.4, 0.5) is 0 Å². The van der Waals surface area contributed by atoms with Gasteiger partial charge in [0.15, 0.2) is 0 Å². The molecule has 126 valence electrons. The lowest BCUT2D eigenvalue weighted by molar-refractivity contribution is -0.152. The number of thiophene rings is 1. The van der Waals surface area contributed by atoms with Gasteiger partial charge < -0.3 is 10.2 Å². The third-order valence-corrected chi connectivity index (χ3v) is 5.45.